The average Bonchev–Trinajstić information content (AvgIpc) is 2.43. The summed E-state index contributed by atoms with van der Waals surface area (Å²) in [5.74, 6) is 0.212. The van der Waals surface area contributed by atoms with Crippen LogP contribution >= 0.6 is 0 Å². The predicted octanol–water partition coefficient (Wildman–Crippen LogP) is 0.473. The molecule has 2 aromatic rings. The Bertz CT molecular complexity index is 681. The van der Waals surface area contributed by atoms with Gasteiger partial charge in [0.05, 0.1) is 18.5 Å². The molecule has 0 saturated heterocycles. The lowest BCUT2D eigenvalue weighted by Crippen LogP contribution is -2.28. The molecule has 0 saturated carbocycles. The number of anilines is 2. The lowest BCUT2D eigenvalue weighted by atomic mass is 10.2. The normalized spacial score (nSPS) is 10.1. The van der Waals surface area contributed by atoms with Crippen molar-refractivity contribution < 1.29 is 9.53 Å². The third-order valence-electron chi connectivity index (χ3n) is 2.61. The molecule has 0 bridgehead atoms. The molecular weight excluding hydrogens is 260 g/mol. The van der Waals surface area contributed by atoms with E-state index in [9.17, 15) is 9.59 Å². The van der Waals surface area contributed by atoms with Gasteiger partial charge in [-0.2, -0.15) is 5.10 Å². The number of carbonyl (C=O) groups excluding carboxylic acids is 1. The average molecular weight is 274 g/mol. The standard InChI is InChI=1S/C13H14N4O3/c1-20-9-4-5-11(10(14)7-9)16-12(18)8-17-13(19)3-2-6-15-17/h2-7H,8,14H2,1H3,(H,16,18). The lowest BCUT2D eigenvalue weighted by Gasteiger charge is -2.10. The highest BCUT2D eigenvalue weighted by atomic mass is 16.5. The molecule has 0 aliphatic heterocycles. The first-order valence-electron chi connectivity index (χ1n) is 5.85. The van der Waals surface area contributed by atoms with Gasteiger partial charge in [0.15, 0.2) is 0 Å². The summed E-state index contributed by atoms with van der Waals surface area (Å²) in [6, 6.07) is 7.76. The fourth-order valence-electron chi connectivity index (χ4n) is 1.61. The number of hydrogen-bond acceptors (Lipinski definition) is 5. The Morgan fingerprint density at radius 3 is 2.90 bits per heavy atom. The van der Waals surface area contributed by atoms with Crippen molar-refractivity contribution in [2.45, 2.75) is 6.54 Å². The van der Waals surface area contributed by atoms with E-state index in [0.717, 1.165) is 4.68 Å². The van der Waals surface area contributed by atoms with E-state index in [1.807, 2.05) is 0 Å². The monoisotopic (exact) mass is 274 g/mol. The van der Waals surface area contributed by atoms with Crippen LogP contribution in [0.1, 0.15) is 0 Å². The zero-order valence-electron chi connectivity index (χ0n) is 10.9. The van der Waals surface area contributed by atoms with Gasteiger partial charge in [0.2, 0.25) is 5.91 Å². The molecule has 7 nitrogen and oxygen atoms in total. The Hall–Kier alpha value is -2.83. The molecule has 0 spiro atoms. The quantitative estimate of drug-likeness (QED) is 0.790. The second-order valence-electron chi connectivity index (χ2n) is 4.02. The van der Waals surface area contributed by atoms with Crippen LogP contribution in [0.5, 0.6) is 5.75 Å². The molecule has 20 heavy (non-hydrogen) atoms. The van der Waals surface area contributed by atoms with E-state index in [1.54, 1.807) is 18.2 Å². The summed E-state index contributed by atoms with van der Waals surface area (Å²) < 4.78 is 6.08. The van der Waals surface area contributed by atoms with Gasteiger partial charge in [-0.25, -0.2) is 4.68 Å². The fourth-order valence-corrected chi connectivity index (χ4v) is 1.61. The third kappa shape index (κ3) is 3.14. The van der Waals surface area contributed by atoms with Gasteiger partial charge in [-0.1, -0.05) is 0 Å². The Balaban J connectivity index is 2.09. The van der Waals surface area contributed by atoms with Gasteiger partial charge in [0.25, 0.3) is 5.56 Å². The first-order valence-corrected chi connectivity index (χ1v) is 5.85. The van der Waals surface area contributed by atoms with Gasteiger partial charge >= 0.3 is 0 Å². The lowest BCUT2D eigenvalue weighted by molar-refractivity contribution is -0.117. The van der Waals surface area contributed by atoms with Crippen molar-refractivity contribution >= 4 is 17.3 Å². The van der Waals surface area contributed by atoms with Crippen LogP contribution < -0.4 is 21.3 Å². The van der Waals surface area contributed by atoms with E-state index in [-0.39, 0.29) is 18.0 Å². The summed E-state index contributed by atoms with van der Waals surface area (Å²) in [7, 11) is 1.53. The second-order valence-corrected chi connectivity index (χ2v) is 4.02. The number of carbonyl (C=O) groups is 1. The van der Waals surface area contributed by atoms with Crippen LogP contribution in [0.25, 0.3) is 0 Å². The molecule has 0 aliphatic carbocycles. The number of amides is 1. The van der Waals surface area contributed by atoms with Crippen LogP contribution in [0.2, 0.25) is 0 Å². The van der Waals surface area contributed by atoms with Crippen LogP contribution in [0, 0.1) is 0 Å². The maximum atomic E-state index is 11.8. The van der Waals surface area contributed by atoms with Gasteiger partial charge < -0.3 is 15.8 Å². The molecule has 2 rings (SSSR count). The third-order valence-corrected chi connectivity index (χ3v) is 2.61. The molecule has 1 heterocycles. The van der Waals surface area contributed by atoms with E-state index >= 15 is 0 Å². The minimum absolute atomic E-state index is 0.175. The Morgan fingerprint density at radius 2 is 2.25 bits per heavy atom. The van der Waals surface area contributed by atoms with Crippen molar-refractivity contribution in [3.63, 3.8) is 0 Å². The highest BCUT2D eigenvalue weighted by Gasteiger charge is 2.08. The summed E-state index contributed by atoms with van der Waals surface area (Å²) in [5.41, 5.74) is 6.29. The molecule has 7 heteroatoms. The maximum absolute atomic E-state index is 11.8. The van der Waals surface area contributed by atoms with Crippen molar-refractivity contribution in [2.24, 2.45) is 0 Å². The van der Waals surface area contributed by atoms with Gasteiger partial charge in [0, 0.05) is 18.3 Å². The Kier molecular flexibility index (Phi) is 3.99. The van der Waals surface area contributed by atoms with Crippen LogP contribution in [-0.2, 0) is 11.3 Å². The second kappa shape index (κ2) is 5.87. The van der Waals surface area contributed by atoms with Crippen molar-refractivity contribution in [3.8, 4) is 5.75 Å². The van der Waals surface area contributed by atoms with Crippen LogP contribution in [-0.4, -0.2) is 22.8 Å². The van der Waals surface area contributed by atoms with Gasteiger partial charge in [-0.3, -0.25) is 9.59 Å². The topological polar surface area (TPSA) is 99.2 Å². The zero-order chi connectivity index (χ0) is 14.5. The van der Waals surface area contributed by atoms with E-state index in [2.05, 4.69) is 10.4 Å². The Morgan fingerprint density at radius 1 is 1.45 bits per heavy atom. The number of rotatable bonds is 4. The smallest absolute Gasteiger partial charge is 0.267 e. The van der Waals surface area contributed by atoms with E-state index in [0.29, 0.717) is 17.1 Å². The molecule has 1 aromatic heterocycles. The highest BCUT2D eigenvalue weighted by molar-refractivity contribution is 5.93. The number of ether oxygens (including phenoxy) is 1. The first kappa shape index (κ1) is 13.6. The van der Waals surface area contributed by atoms with Gasteiger partial charge in [-0.15, -0.1) is 0 Å². The van der Waals surface area contributed by atoms with E-state index in [4.69, 9.17) is 10.5 Å². The minimum atomic E-state index is -0.386. The number of nitrogens with two attached hydrogens (primary N) is 1. The summed E-state index contributed by atoms with van der Waals surface area (Å²) in [6.07, 6.45) is 1.44. The van der Waals surface area contributed by atoms with Gasteiger partial charge in [-0.05, 0) is 18.2 Å². The maximum Gasteiger partial charge on any atom is 0.267 e. The largest absolute Gasteiger partial charge is 0.497 e. The number of nitrogens with zero attached hydrogens (tertiary/aromatic N) is 2. The number of nitrogens with one attached hydrogen (secondary N) is 1. The molecule has 1 aromatic carbocycles. The summed E-state index contributed by atoms with van der Waals surface area (Å²) in [6.45, 7) is -0.175. The molecule has 0 unspecified atom stereocenters. The molecule has 0 atom stereocenters. The molecule has 1 amide bonds. The number of aromatic nitrogens is 2. The molecular formula is C13H14N4O3. The summed E-state index contributed by atoms with van der Waals surface area (Å²) in [4.78, 5) is 23.3. The minimum Gasteiger partial charge on any atom is -0.497 e. The van der Waals surface area contributed by atoms with E-state index < -0.39 is 0 Å². The molecule has 104 valence electrons. The van der Waals surface area contributed by atoms with Crippen molar-refractivity contribution in [1.29, 1.82) is 0 Å². The molecule has 0 radical (unpaired) electrons. The van der Waals surface area contributed by atoms with Crippen molar-refractivity contribution in [1.82, 2.24) is 9.78 Å². The Labute approximate surface area is 115 Å². The van der Waals surface area contributed by atoms with E-state index in [1.165, 1.54) is 25.4 Å². The van der Waals surface area contributed by atoms with Crippen LogP contribution in [0.4, 0.5) is 11.4 Å². The fraction of sp³-hybridized carbons (Fsp3) is 0.154. The predicted molar refractivity (Wildman–Crippen MR) is 74.5 cm³/mol. The zero-order valence-corrected chi connectivity index (χ0v) is 10.9. The number of nitrogen functional groups attached to an aromatic ring is 1. The van der Waals surface area contributed by atoms with Gasteiger partial charge in [0.1, 0.15) is 12.3 Å². The number of methoxy groups -OCH3 is 1. The molecule has 3 N–H and O–H groups in total. The molecule has 0 fully saturated rings. The number of benzene rings is 1. The van der Waals surface area contributed by atoms with Crippen LogP contribution in [0.15, 0.2) is 41.3 Å². The SMILES string of the molecule is COc1ccc(NC(=O)Cn2ncccc2=O)c(N)c1. The number of hydrogen-bond donors (Lipinski definition) is 2. The van der Waals surface area contributed by atoms with Crippen LogP contribution in [0.3, 0.4) is 0 Å². The first-order chi connectivity index (χ1) is 9.60. The highest BCUT2D eigenvalue weighted by Crippen LogP contribution is 2.23. The van der Waals surface area contributed by atoms with Crippen molar-refractivity contribution in [2.75, 3.05) is 18.2 Å². The van der Waals surface area contributed by atoms with Crippen molar-refractivity contribution in [3.05, 3.63) is 46.9 Å². The molecule has 0 aliphatic rings. The summed E-state index contributed by atoms with van der Waals surface area (Å²) in [5, 5.41) is 6.42. The summed E-state index contributed by atoms with van der Waals surface area (Å²) >= 11 is 0.